The van der Waals surface area contributed by atoms with Gasteiger partial charge < -0.3 is 23.9 Å². The van der Waals surface area contributed by atoms with Crippen LogP contribution in [0, 0.1) is 5.82 Å². The van der Waals surface area contributed by atoms with Crippen molar-refractivity contribution in [2.45, 2.75) is 26.7 Å². The Morgan fingerprint density at radius 3 is 2.46 bits per heavy atom. The van der Waals surface area contributed by atoms with Crippen molar-refractivity contribution in [3.8, 4) is 17.2 Å². The van der Waals surface area contributed by atoms with Gasteiger partial charge in [-0.3, -0.25) is 4.79 Å². The highest BCUT2D eigenvalue weighted by molar-refractivity contribution is 6.06. The van der Waals surface area contributed by atoms with Crippen molar-refractivity contribution in [3.05, 3.63) is 76.8 Å². The first kappa shape index (κ1) is 25.7. The van der Waals surface area contributed by atoms with Gasteiger partial charge in [0.05, 0.1) is 14.2 Å². The lowest BCUT2D eigenvalue weighted by atomic mass is 9.99. The number of allylic oxidation sites excluding steroid dienone is 3. The second-order valence-corrected chi connectivity index (χ2v) is 8.32. The highest BCUT2D eigenvalue weighted by Gasteiger charge is 2.26. The number of nitrogens with zero attached hydrogens (tertiary/aromatic N) is 1. The van der Waals surface area contributed by atoms with Crippen molar-refractivity contribution in [1.29, 1.82) is 0 Å². The van der Waals surface area contributed by atoms with E-state index in [2.05, 4.69) is 10.3 Å². The molecule has 1 N–H and O–H groups in total. The van der Waals surface area contributed by atoms with Crippen LogP contribution in [0.3, 0.4) is 0 Å². The van der Waals surface area contributed by atoms with E-state index in [4.69, 9.17) is 18.6 Å². The highest BCUT2D eigenvalue weighted by Crippen LogP contribution is 2.46. The maximum Gasteiger partial charge on any atom is 0.412 e. The van der Waals surface area contributed by atoms with Crippen LogP contribution in [0.15, 0.2) is 53.0 Å². The second kappa shape index (κ2) is 11.1. The first-order valence-electron chi connectivity index (χ1n) is 11.7. The first-order chi connectivity index (χ1) is 17.9. The lowest BCUT2D eigenvalue weighted by molar-refractivity contribution is 0.0979. The topological polar surface area (TPSA) is 99.9 Å². The zero-order valence-corrected chi connectivity index (χ0v) is 21.0. The van der Waals surface area contributed by atoms with Crippen molar-refractivity contribution in [2.24, 2.45) is 0 Å². The summed E-state index contributed by atoms with van der Waals surface area (Å²) >= 11 is 0. The van der Waals surface area contributed by atoms with Gasteiger partial charge in [-0.15, -0.1) is 0 Å². The predicted octanol–water partition coefficient (Wildman–Crippen LogP) is 5.93. The molecule has 1 amide bonds. The SMILES string of the molecule is CCNC(=O)Oc1c(OC)cc(C=C2C(C)=C(CCC(=O)c3cocn3)c3cc(F)ccc32)cc1OC. The fourth-order valence-corrected chi connectivity index (χ4v) is 4.32. The smallest absolute Gasteiger partial charge is 0.412 e. The lowest BCUT2D eigenvalue weighted by Crippen LogP contribution is -2.26. The van der Waals surface area contributed by atoms with Crippen molar-refractivity contribution in [2.75, 3.05) is 20.8 Å². The monoisotopic (exact) mass is 506 g/mol. The zero-order valence-electron chi connectivity index (χ0n) is 21.0. The van der Waals surface area contributed by atoms with Gasteiger partial charge in [-0.2, -0.15) is 0 Å². The number of methoxy groups -OCH3 is 2. The third-order valence-corrected chi connectivity index (χ3v) is 6.08. The van der Waals surface area contributed by atoms with Gasteiger partial charge in [0.1, 0.15) is 17.8 Å². The number of ketones is 1. The van der Waals surface area contributed by atoms with E-state index >= 15 is 0 Å². The number of benzene rings is 2. The molecule has 192 valence electrons. The van der Waals surface area contributed by atoms with E-state index in [9.17, 15) is 14.0 Å². The summed E-state index contributed by atoms with van der Waals surface area (Å²) in [5.74, 6) is 0.279. The molecule has 0 unspecified atom stereocenters. The molecule has 0 spiro atoms. The van der Waals surface area contributed by atoms with Crippen molar-refractivity contribution < 1.29 is 32.6 Å². The van der Waals surface area contributed by atoms with Crippen LogP contribution >= 0.6 is 0 Å². The maximum atomic E-state index is 14.2. The van der Waals surface area contributed by atoms with E-state index in [1.54, 1.807) is 25.1 Å². The van der Waals surface area contributed by atoms with Crippen LogP contribution in [0.4, 0.5) is 9.18 Å². The molecule has 0 aliphatic heterocycles. The molecule has 4 rings (SSSR count). The summed E-state index contributed by atoms with van der Waals surface area (Å²) in [6.07, 6.45) is 4.46. The number of hydrogen-bond donors (Lipinski definition) is 1. The standard InChI is InChI=1S/C28H27FN2O6/c1-5-30-28(33)37-27-25(34-3)11-17(12-26(27)35-4)10-21-16(2)19(22-13-18(29)6-7-20(21)22)8-9-24(32)23-14-36-15-31-23/h6-7,10-15H,5,8-9H2,1-4H3,(H,30,33). The highest BCUT2D eigenvalue weighted by atomic mass is 19.1. The normalized spacial score (nSPS) is 13.5. The number of Topliss-reactive ketones (excluding diaryl/α,β-unsaturated/α-hetero) is 1. The molecule has 0 atom stereocenters. The van der Waals surface area contributed by atoms with E-state index in [1.165, 1.54) is 39.0 Å². The Hall–Kier alpha value is -4.40. The van der Waals surface area contributed by atoms with Gasteiger partial charge in [0, 0.05) is 13.0 Å². The predicted molar refractivity (Wildman–Crippen MR) is 136 cm³/mol. The van der Waals surface area contributed by atoms with E-state index in [1.807, 2.05) is 13.0 Å². The number of carbonyl (C=O) groups excluding carboxylic acids is 2. The molecule has 0 saturated carbocycles. The van der Waals surface area contributed by atoms with Gasteiger partial charge in [-0.05, 0) is 84.0 Å². The second-order valence-electron chi connectivity index (χ2n) is 8.32. The lowest BCUT2D eigenvalue weighted by Gasteiger charge is -2.15. The Bertz CT molecular complexity index is 1370. The van der Waals surface area contributed by atoms with Crippen LogP contribution < -0.4 is 19.5 Å². The molecule has 0 bridgehead atoms. The number of carbonyl (C=O) groups is 2. The quantitative estimate of drug-likeness (QED) is 0.359. The van der Waals surface area contributed by atoms with Crippen molar-refractivity contribution in [1.82, 2.24) is 10.3 Å². The zero-order chi connectivity index (χ0) is 26.5. The molecule has 0 radical (unpaired) electrons. The van der Waals surface area contributed by atoms with Crippen molar-refractivity contribution >= 4 is 29.1 Å². The average molecular weight is 507 g/mol. The van der Waals surface area contributed by atoms with E-state index in [0.29, 0.717) is 24.5 Å². The summed E-state index contributed by atoms with van der Waals surface area (Å²) < 4.78 is 35.5. The van der Waals surface area contributed by atoms with Crippen LogP contribution in [0.25, 0.3) is 17.2 Å². The summed E-state index contributed by atoms with van der Waals surface area (Å²) in [7, 11) is 2.94. The van der Waals surface area contributed by atoms with E-state index in [0.717, 1.165) is 33.4 Å². The third kappa shape index (κ3) is 5.40. The number of rotatable bonds is 9. The largest absolute Gasteiger partial charge is 0.493 e. The molecule has 9 heteroatoms. The van der Waals surface area contributed by atoms with Gasteiger partial charge in [-0.25, -0.2) is 14.2 Å². The van der Waals surface area contributed by atoms with Crippen LogP contribution in [-0.4, -0.2) is 37.6 Å². The number of oxazole rings is 1. The molecular weight excluding hydrogens is 479 g/mol. The van der Waals surface area contributed by atoms with E-state index < -0.39 is 6.09 Å². The average Bonchev–Trinajstić information content (AvgIpc) is 3.51. The molecule has 1 aliphatic rings. The van der Waals surface area contributed by atoms with Crippen LogP contribution in [0.5, 0.6) is 17.2 Å². The molecule has 0 saturated heterocycles. The Labute approximate surface area is 213 Å². The molecule has 0 fully saturated rings. The van der Waals surface area contributed by atoms with Crippen LogP contribution in [0.2, 0.25) is 0 Å². The Morgan fingerprint density at radius 1 is 1.11 bits per heavy atom. The van der Waals surface area contributed by atoms with Crippen LogP contribution in [0.1, 0.15) is 53.9 Å². The summed E-state index contributed by atoms with van der Waals surface area (Å²) in [5, 5.41) is 2.57. The Morgan fingerprint density at radius 2 is 1.84 bits per heavy atom. The molecule has 2 aromatic carbocycles. The Balaban J connectivity index is 1.72. The maximum absolute atomic E-state index is 14.2. The minimum absolute atomic E-state index is 0.151. The Kier molecular flexibility index (Phi) is 7.71. The van der Waals surface area contributed by atoms with Crippen molar-refractivity contribution in [3.63, 3.8) is 0 Å². The third-order valence-electron chi connectivity index (χ3n) is 6.08. The van der Waals surface area contributed by atoms with Crippen LogP contribution in [-0.2, 0) is 0 Å². The molecule has 8 nitrogen and oxygen atoms in total. The molecule has 1 aliphatic carbocycles. The summed E-state index contributed by atoms with van der Waals surface area (Å²) in [5.41, 5.74) is 5.26. The van der Waals surface area contributed by atoms with Gasteiger partial charge in [-0.1, -0.05) is 6.07 Å². The van der Waals surface area contributed by atoms with E-state index in [-0.39, 0.29) is 29.5 Å². The van der Waals surface area contributed by atoms with Gasteiger partial charge in [0.25, 0.3) is 0 Å². The number of fused-ring (bicyclic) bond motifs is 1. The number of aromatic nitrogens is 1. The molecule has 1 aromatic heterocycles. The first-order valence-corrected chi connectivity index (χ1v) is 11.7. The minimum Gasteiger partial charge on any atom is -0.493 e. The number of nitrogens with one attached hydrogen (secondary N) is 1. The number of ether oxygens (including phenoxy) is 3. The fraction of sp³-hybridized carbons (Fsp3) is 0.250. The number of amides is 1. The molecular formula is C28H27FN2O6. The number of halogens is 1. The fourth-order valence-electron chi connectivity index (χ4n) is 4.32. The summed E-state index contributed by atoms with van der Waals surface area (Å²) in [4.78, 5) is 28.4. The molecule has 1 heterocycles. The molecule has 3 aromatic rings. The summed E-state index contributed by atoms with van der Waals surface area (Å²) in [6, 6.07) is 8.08. The number of hydrogen-bond acceptors (Lipinski definition) is 7. The van der Waals surface area contributed by atoms with Gasteiger partial charge in [0.15, 0.2) is 23.7 Å². The minimum atomic E-state index is -0.625. The van der Waals surface area contributed by atoms with Gasteiger partial charge >= 0.3 is 6.09 Å². The summed E-state index contributed by atoms with van der Waals surface area (Å²) in [6.45, 7) is 4.14. The van der Waals surface area contributed by atoms with Gasteiger partial charge in [0.2, 0.25) is 5.75 Å². The molecule has 37 heavy (non-hydrogen) atoms.